The summed E-state index contributed by atoms with van der Waals surface area (Å²) in [6.07, 6.45) is 3.38. The van der Waals surface area contributed by atoms with E-state index in [0.29, 0.717) is 30.0 Å². The molecule has 0 aromatic carbocycles. The fraction of sp³-hybridized carbons (Fsp3) is 0.917. The van der Waals surface area contributed by atoms with Crippen LogP contribution in [0.2, 0.25) is 0 Å². The van der Waals surface area contributed by atoms with Gasteiger partial charge >= 0.3 is 0 Å². The predicted octanol–water partition coefficient (Wildman–Crippen LogP) is 2.40. The molecule has 0 amide bonds. The summed E-state index contributed by atoms with van der Waals surface area (Å²) in [6.45, 7) is 6.86. The second-order valence-corrected chi connectivity index (χ2v) is 5.51. The molecule has 2 heteroatoms. The van der Waals surface area contributed by atoms with Crippen molar-refractivity contribution in [1.29, 1.82) is 0 Å². The average molecular weight is 198 g/mol. The van der Waals surface area contributed by atoms with Gasteiger partial charge in [0.2, 0.25) is 0 Å². The van der Waals surface area contributed by atoms with E-state index in [-0.39, 0.29) is 12.5 Å². The Morgan fingerprint density at radius 3 is 2.57 bits per heavy atom. The normalized spacial score (nSPS) is 29.3. The van der Waals surface area contributed by atoms with Gasteiger partial charge in [-0.05, 0) is 30.6 Å². The molecule has 0 bridgehead atoms. The lowest BCUT2D eigenvalue weighted by molar-refractivity contribution is -0.127. The molecule has 1 saturated carbocycles. The Balaban J connectivity index is 2.57. The summed E-state index contributed by atoms with van der Waals surface area (Å²) < 4.78 is 0. The highest BCUT2D eigenvalue weighted by molar-refractivity contribution is 5.81. The van der Waals surface area contributed by atoms with Crippen LogP contribution in [-0.4, -0.2) is 17.5 Å². The zero-order chi connectivity index (χ0) is 10.8. The van der Waals surface area contributed by atoms with E-state index >= 15 is 0 Å². The number of hydrogen-bond donors (Lipinski definition) is 1. The molecule has 0 aromatic rings. The second-order valence-electron chi connectivity index (χ2n) is 5.51. The number of ketones is 1. The van der Waals surface area contributed by atoms with Crippen LogP contribution in [0.4, 0.5) is 0 Å². The molecule has 0 heterocycles. The summed E-state index contributed by atoms with van der Waals surface area (Å²) in [7, 11) is 0. The highest BCUT2D eigenvalue weighted by Gasteiger charge is 2.34. The second kappa shape index (κ2) is 4.43. The first-order valence-electron chi connectivity index (χ1n) is 5.58. The Labute approximate surface area is 86.7 Å². The van der Waals surface area contributed by atoms with Crippen molar-refractivity contribution in [1.82, 2.24) is 0 Å². The fourth-order valence-electron chi connectivity index (χ4n) is 2.33. The Kier molecular flexibility index (Phi) is 3.71. The van der Waals surface area contributed by atoms with Crippen LogP contribution in [0.25, 0.3) is 0 Å². The van der Waals surface area contributed by atoms with Crippen molar-refractivity contribution in [2.75, 3.05) is 6.61 Å². The molecule has 1 rings (SSSR count). The van der Waals surface area contributed by atoms with Crippen LogP contribution in [0, 0.1) is 17.3 Å². The Hall–Kier alpha value is -0.370. The van der Waals surface area contributed by atoms with Crippen LogP contribution in [0.1, 0.15) is 46.5 Å². The van der Waals surface area contributed by atoms with E-state index in [9.17, 15) is 4.79 Å². The number of Topliss-reactive ketones (excluding diaryl/α,β-unsaturated/α-hetero) is 1. The molecule has 1 fully saturated rings. The van der Waals surface area contributed by atoms with Gasteiger partial charge in [0.1, 0.15) is 5.78 Å². The Bertz CT molecular complexity index is 203. The summed E-state index contributed by atoms with van der Waals surface area (Å²) in [5.41, 5.74) is 0.300. The average Bonchev–Trinajstić information content (AvgIpc) is 2.07. The monoisotopic (exact) mass is 198 g/mol. The zero-order valence-corrected chi connectivity index (χ0v) is 9.55. The summed E-state index contributed by atoms with van der Waals surface area (Å²) in [5, 5.41) is 8.87. The zero-order valence-electron chi connectivity index (χ0n) is 9.55. The number of hydrogen-bond acceptors (Lipinski definition) is 2. The minimum atomic E-state index is 0.123. The van der Waals surface area contributed by atoms with Gasteiger partial charge in [0, 0.05) is 18.9 Å². The number of aliphatic hydroxyl groups excluding tert-OH is 1. The molecule has 0 aromatic heterocycles. The van der Waals surface area contributed by atoms with Gasteiger partial charge in [0.05, 0.1) is 0 Å². The van der Waals surface area contributed by atoms with Crippen LogP contribution in [0.15, 0.2) is 0 Å². The highest BCUT2D eigenvalue weighted by atomic mass is 16.3. The molecule has 2 unspecified atom stereocenters. The van der Waals surface area contributed by atoms with Crippen LogP contribution in [-0.2, 0) is 4.79 Å². The maximum absolute atomic E-state index is 11.5. The van der Waals surface area contributed by atoms with Gasteiger partial charge in [-0.15, -0.1) is 0 Å². The summed E-state index contributed by atoms with van der Waals surface area (Å²) in [6, 6.07) is 0. The smallest absolute Gasteiger partial charge is 0.136 e. The molecule has 0 saturated heterocycles. The van der Waals surface area contributed by atoms with E-state index in [0.717, 1.165) is 12.8 Å². The molecule has 2 atom stereocenters. The summed E-state index contributed by atoms with van der Waals surface area (Å²) in [5.74, 6) is 1.12. The van der Waals surface area contributed by atoms with Crippen LogP contribution < -0.4 is 0 Å². The van der Waals surface area contributed by atoms with Gasteiger partial charge in [0.25, 0.3) is 0 Å². The van der Waals surface area contributed by atoms with E-state index in [4.69, 9.17) is 5.11 Å². The maximum atomic E-state index is 11.5. The van der Waals surface area contributed by atoms with Gasteiger partial charge in [-0.3, -0.25) is 4.79 Å². The molecule has 1 aliphatic rings. The lowest BCUT2D eigenvalue weighted by atomic mass is 9.68. The molecule has 82 valence electrons. The molecule has 0 spiro atoms. The van der Waals surface area contributed by atoms with Gasteiger partial charge < -0.3 is 5.11 Å². The topological polar surface area (TPSA) is 37.3 Å². The highest BCUT2D eigenvalue weighted by Crippen LogP contribution is 2.39. The molecule has 0 aliphatic heterocycles. The van der Waals surface area contributed by atoms with Gasteiger partial charge in [-0.2, -0.15) is 0 Å². The van der Waals surface area contributed by atoms with E-state index in [1.54, 1.807) is 0 Å². The summed E-state index contributed by atoms with van der Waals surface area (Å²) >= 11 is 0. The first kappa shape index (κ1) is 11.7. The summed E-state index contributed by atoms with van der Waals surface area (Å²) in [4.78, 5) is 11.5. The van der Waals surface area contributed by atoms with Crippen molar-refractivity contribution in [3.8, 4) is 0 Å². The van der Waals surface area contributed by atoms with Crippen molar-refractivity contribution in [2.24, 2.45) is 17.3 Å². The molecule has 0 radical (unpaired) electrons. The van der Waals surface area contributed by atoms with Crippen LogP contribution >= 0.6 is 0 Å². The number of aliphatic hydroxyl groups is 1. The standard InChI is InChI=1S/C12H22O2/c1-12(2,3)10-4-5-11(14)9(8-10)6-7-13/h9-10,13H,4-8H2,1-3H3. The van der Waals surface area contributed by atoms with E-state index in [1.165, 1.54) is 0 Å². The van der Waals surface area contributed by atoms with E-state index < -0.39 is 0 Å². The third-order valence-electron chi connectivity index (χ3n) is 3.47. The minimum absolute atomic E-state index is 0.123. The third-order valence-corrected chi connectivity index (χ3v) is 3.47. The molecule has 1 N–H and O–H groups in total. The largest absolute Gasteiger partial charge is 0.396 e. The number of rotatable bonds is 2. The Morgan fingerprint density at radius 1 is 1.43 bits per heavy atom. The van der Waals surface area contributed by atoms with Gasteiger partial charge in [0.15, 0.2) is 0 Å². The van der Waals surface area contributed by atoms with E-state index in [1.807, 2.05) is 0 Å². The quantitative estimate of drug-likeness (QED) is 0.739. The number of carbonyl (C=O) groups excluding carboxylic acids is 1. The minimum Gasteiger partial charge on any atom is -0.396 e. The first-order chi connectivity index (χ1) is 6.45. The molecular weight excluding hydrogens is 176 g/mol. The fourth-order valence-corrected chi connectivity index (χ4v) is 2.33. The SMILES string of the molecule is CC(C)(C)C1CCC(=O)C(CCO)C1. The van der Waals surface area contributed by atoms with Crippen LogP contribution in [0.3, 0.4) is 0 Å². The van der Waals surface area contributed by atoms with Crippen molar-refractivity contribution >= 4 is 5.78 Å². The Morgan fingerprint density at radius 2 is 2.07 bits per heavy atom. The molecule has 14 heavy (non-hydrogen) atoms. The molecule has 1 aliphatic carbocycles. The third kappa shape index (κ3) is 2.81. The van der Waals surface area contributed by atoms with Crippen molar-refractivity contribution < 1.29 is 9.90 Å². The predicted molar refractivity (Wildman–Crippen MR) is 57.0 cm³/mol. The first-order valence-corrected chi connectivity index (χ1v) is 5.58. The van der Waals surface area contributed by atoms with Crippen molar-refractivity contribution in [3.63, 3.8) is 0 Å². The van der Waals surface area contributed by atoms with Crippen molar-refractivity contribution in [3.05, 3.63) is 0 Å². The number of carbonyl (C=O) groups is 1. The van der Waals surface area contributed by atoms with Crippen molar-refractivity contribution in [2.45, 2.75) is 46.5 Å². The molecule has 2 nitrogen and oxygen atoms in total. The lowest BCUT2D eigenvalue weighted by Crippen LogP contribution is -2.32. The molecular formula is C12H22O2. The van der Waals surface area contributed by atoms with E-state index in [2.05, 4.69) is 20.8 Å². The van der Waals surface area contributed by atoms with Gasteiger partial charge in [-0.1, -0.05) is 20.8 Å². The maximum Gasteiger partial charge on any atom is 0.136 e. The van der Waals surface area contributed by atoms with Crippen LogP contribution in [0.5, 0.6) is 0 Å². The van der Waals surface area contributed by atoms with Gasteiger partial charge in [-0.25, -0.2) is 0 Å². The lowest BCUT2D eigenvalue weighted by Gasteiger charge is -2.36.